The number of nitrogens with zero attached hydrogens (tertiary/aromatic N) is 2. The summed E-state index contributed by atoms with van der Waals surface area (Å²) in [6, 6.07) is 17.7. The predicted molar refractivity (Wildman–Crippen MR) is 158 cm³/mol. The fourth-order valence-corrected chi connectivity index (χ4v) is 5.55. The summed E-state index contributed by atoms with van der Waals surface area (Å²) >= 11 is 6.07. The molecule has 1 aliphatic heterocycles. The van der Waals surface area contributed by atoms with Crippen LogP contribution in [0.4, 0.5) is 15.8 Å². The zero-order valence-electron chi connectivity index (χ0n) is 22.6. The number of benzene rings is 3. The molecule has 1 saturated heterocycles. The van der Waals surface area contributed by atoms with Gasteiger partial charge in [-0.3, -0.25) is 14.4 Å². The van der Waals surface area contributed by atoms with Gasteiger partial charge in [-0.05, 0) is 80.3 Å². The van der Waals surface area contributed by atoms with Crippen molar-refractivity contribution in [2.75, 3.05) is 36.4 Å². The van der Waals surface area contributed by atoms with Crippen LogP contribution >= 0.6 is 11.6 Å². The summed E-state index contributed by atoms with van der Waals surface area (Å²) in [7, 11) is 0. The number of hydrogen-bond donors (Lipinski definition) is 3. The van der Waals surface area contributed by atoms with E-state index >= 15 is 0 Å². The molecule has 0 bridgehead atoms. The summed E-state index contributed by atoms with van der Waals surface area (Å²) in [5.41, 5.74) is 8.26. The molecule has 10 heteroatoms. The first-order valence-corrected chi connectivity index (χ1v) is 14.2. The predicted octanol–water partition coefficient (Wildman–Crippen LogP) is 4.69. The van der Waals surface area contributed by atoms with Gasteiger partial charge < -0.3 is 26.2 Å². The molecule has 8 nitrogen and oxygen atoms in total. The van der Waals surface area contributed by atoms with Gasteiger partial charge in [-0.25, -0.2) is 4.39 Å². The lowest BCUT2D eigenvalue weighted by Crippen LogP contribution is -2.49. The molecular weight excluding hydrogens is 545 g/mol. The Bertz CT molecular complexity index is 1430. The van der Waals surface area contributed by atoms with E-state index in [2.05, 4.69) is 15.5 Å². The third-order valence-electron chi connectivity index (χ3n) is 7.68. The van der Waals surface area contributed by atoms with Crippen LogP contribution in [0.25, 0.3) is 0 Å². The number of anilines is 2. The molecule has 1 heterocycles. The molecule has 1 saturated carbocycles. The standard InChI is InChI=1S/C31H33ClFN5O3/c32-23-5-1-4-22(17-23)31(41)38-15-13-37(14-16-38)28-12-7-21(29(39)35-26-10-8-25(34)9-11-26)19-27(28)36-30(40)20-3-2-6-24(33)18-20/h1-7,12,17-19,25-26H,8-11,13-16,34H2,(H,35,39)(H,36,40). The lowest BCUT2D eigenvalue weighted by atomic mass is 9.91. The fourth-order valence-electron chi connectivity index (χ4n) is 5.36. The molecule has 5 rings (SSSR count). The van der Waals surface area contributed by atoms with Gasteiger partial charge >= 0.3 is 0 Å². The van der Waals surface area contributed by atoms with Crippen LogP contribution in [0.15, 0.2) is 66.7 Å². The quantitative estimate of drug-likeness (QED) is 0.394. The first-order chi connectivity index (χ1) is 19.8. The molecule has 214 valence electrons. The number of carbonyl (C=O) groups excluding carboxylic acids is 3. The first-order valence-electron chi connectivity index (χ1n) is 13.8. The fraction of sp³-hybridized carbons (Fsp3) is 0.323. The molecule has 0 aromatic heterocycles. The van der Waals surface area contributed by atoms with Crippen LogP contribution in [0, 0.1) is 5.82 Å². The van der Waals surface area contributed by atoms with Crippen molar-refractivity contribution in [2.45, 2.75) is 37.8 Å². The molecular formula is C31H33ClFN5O3. The number of halogens is 2. The molecule has 41 heavy (non-hydrogen) atoms. The Morgan fingerprint density at radius 3 is 2.20 bits per heavy atom. The number of amides is 3. The second kappa shape index (κ2) is 12.7. The Morgan fingerprint density at radius 2 is 1.49 bits per heavy atom. The monoisotopic (exact) mass is 577 g/mol. The maximum absolute atomic E-state index is 13.8. The van der Waals surface area contributed by atoms with Gasteiger partial charge in [0.2, 0.25) is 0 Å². The minimum Gasteiger partial charge on any atom is -0.366 e. The van der Waals surface area contributed by atoms with Crippen LogP contribution in [0.1, 0.15) is 56.8 Å². The van der Waals surface area contributed by atoms with Crippen LogP contribution < -0.4 is 21.3 Å². The number of piperazine rings is 1. The van der Waals surface area contributed by atoms with Crippen molar-refractivity contribution in [1.82, 2.24) is 10.2 Å². The summed E-state index contributed by atoms with van der Waals surface area (Å²) in [5, 5.41) is 6.48. The zero-order chi connectivity index (χ0) is 28.9. The molecule has 0 radical (unpaired) electrons. The van der Waals surface area contributed by atoms with Crippen LogP contribution in [0.3, 0.4) is 0 Å². The van der Waals surface area contributed by atoms with Crippen LogP contribution in [-0.2, 0) is 0 Å². The van der Waals surface area contributed by atoms with E-state index in [1.165, 1.54) is 24.3 Å². The van der Waals surface area contributed by atoms with Crippen molar-refractivity contribution in [3.63, 3.8) is 0 Å². The van der Waals surface area contributed by atoms with Crippen molar-refractivity contribution in [3.8, 4) is 0 Å². The average Bonchev–Trinajstić information content (AvgIpc) is 2.98. The minimum absolute atomic E-state index is 0.0532. The lowest BCUT2D eigenvalue weighted by Gasteiger charge is -2.37. The van der Waals surface area contributed by atoms with E-state index < -0.39 is 11.7 Å². The Hall–Kier alpha value is -3.95. The molecule has 1 aliphatic carbocycles. The van der Waals surface area contributed by atoms with Crippen molar-refractivity contribution < 1.29 is 18.8 Å². The molecule has 0 unspecified atom stereocenters. The highest BCUT2D eigenvalue weighted by atomic mass is 35.5. The van der Waals surface area contributed by atoms with E-state index in [4.69, 9.17) is 17.3 Å². The van der Waals surface area contributed by atoms with Gasteiger partial charge in [0, 0.05) is 60.0 Å². The van der Waals surface area contributed by atoms with Gasteiger partial charge in [0.25, 0.3) is 17.7 Å². The van der Waals surface area contributed by atoms with Gasteiger partial charge in [-0.2, -0.15) is 0 Å². The van der Waals surface area contributed by atoms with E-state index in [9.17, 15) is 18.8 Å². The summed E-state index contributed by atoms with van der Waals surface area (Å²) in [5.74, 6) is -1.32. The maximum atomic E-state index is 13.8. The highest BCUT2D eigenvalue weighted by molar-refractivity contribution is 6.31. The van der Waals surface area contributed by atoms with Crippen molar-refractivity contribution in [1.29, 1.82) is 0 Å². The number of carbonyl (C=O) groups is 3. The SMILES string of the molecule is NC1CCC(NC(=O)c2ccc(N3CCN(C(=O)c4cccc(Cl)c4)CC3)c(NC(=O)c3cccc(F)c3)c2)CC1. The Labute approximate surface area is 243 Å². The van der Waals surface area contributed by atoms with E-state index in [0.29, 0.717) is 53.7 Å². The molecule has 4 N–H and O–H groups in total. The first kappa shape index (κ1) is 28.6. The van der Waals surface area contributed by atoms with Crippen molar-refractivity contribution in [3.05, 3.63) is 94.3 Å². The molecule has 2 aliphatic rings. The second-order valence-electron chi connectivity index (χ2n) is 10.6. The van der Waals surface area contributed by atoms with E-state index in [1.54, 1.807) is 47.4 Å². The van der Waals surface area contributed by atoms with E-state index in [-0.39, 0.29) is 29.5 Å². The molecule has 3 aromatic carbocycles. The third-order valence-corrected chi connectivity index (χ3v) is 7.92. The maximum Gasteiger partial charge on any atom is 0.255 e. The number of nitrogens with two attached hydrogens (primary N) is 1. The molecule has 2 fully saturated rings. The van der Waals surface area contributed by atoms with E-state index in [0.717, 1.165) is 25.7 Å². The lowest BCUT2D eigenvalue weighted by molar-refractivity contribution is 0.0746. The molecule has 0 atom stereocenters. The number of hydrogen-bond acceptors (Lipinski definition) is 5. The molecule has 0 spiro atoms. The summed E-state index contributed by atoms with van der Waals surface area (Å²) in [4.78, 5) is 43.1. The summed E-state index contributed by atoms with van der Waals surface area (Å²) in [6.45, 7) is 1.97. The van der Waals surface area contributed by atoms with Crippen molar-refractivity contribution in [2.24, 2.45) is 5.73 Å². The number of nitrogens with one attached hydrogen (secondary N) is 2. The average molecular weight is 578 g/mol. The molecule has 3 aromatic rings. The highest BCUT2D eigenvalue weighted by Gasteiger charge is 2.26. The molecule has 3 amide bonds. The normalized spacial score (nSPS) is 19.0. The summed E-state index contributed by atoms with van der Waals surface area (Å²) in [6.07, 6.45) is 3.38. The second-order valence-corrected chi connectivity index (χ2v) is 11.0. The van der Waals surface area contributed by atoms with Gasteiger partial charge in [0.05, 0.1) is 11.4 Å². The number of rotatable bonds is 6. The van der Waals surface area contributed by atoms with E-state index in [1.807, 2.05) is 0 Å². The van der Waals surface area contributed by atoms with Gasteiger partial charge in [-0.1, -0.05) is 23.7 Å². The zero-order valence-corrected chi connectivity index (χ0v) is 23.4. The largest absolute Gasteiger partial charge is 0.366 e. The Kier molecular flexibility index (Phi) is 8.85. The Balaban J connectivity index is 1.34. The highest BCUT2D eigenvalue weighted by Crippen LogP contribution is 2.30. The van der Waals surface area contributed by atoms with Gasteiger partial charge in [0.15, 0.2) is 0 Å². The minimum atomic E-state index is -0.515. The van der Waals surface area contributed by atoms with Crippen LogP contribution in [-0.4, -0.2) is 60.9 Å². The Morgan fingerprint density at radius 1 is 0.805 bits per heavy atom. The topological polar surface area (TPSA) is 108 Å². The van der Waals surface area contributed by atoms with Gasteiger partial charge in [-0.15, -0.1) is 0 Å². The van der Waals surface area contributed by atoms with Crippen LogP contribution in [0.5, 0.6) is 0 Å². The third kappa shape index (κ3) is 7.04. The van der Waals surface area contributed by atoms with Crippen molar-refractivity contribution >= 4 is 40.7 Å². The van der Waals surface area contributed by atoms with Gasteiger partial charge in [0.1, 0.15) is 5.82 Å². The summed E-state index contributed by atoms with van der Waals surface area (Å²) < 4.78 is 13.8. The van der Waals surface area contributed by atoms with Crippen LogP contribution in [0.2, 0.25) is 5.02 Å². The smallest absolute Gasteiger partial charge is 0.255 e.